The fourth-order valence-electron chi connectivity index (χ4n) is 1.47. The summed E-state index contributed by atoms with van der Waals surface area (Å²) in [5, 5.41) is 2.87. The average molecular weight is 264 g/mol. The number of aryl methyl sites for hydroxylation is 1. The van der Waals surface area contributed by atoms with Crippen LogP contribution in [0.1, 0.15) is 25.8 Å². The summed E-state index contributed by atoms with van der Waals surface area (Å²) < 4.78 is 0. The van der Waals surface area contributed by atoms with Gasteiger partial charge in [-0.1, -0.05) is 42.5 Å². The Bertz CT molecular complexity index is 415. The quantitative estimate of drug-likeness (QED) is 0.611. The molecule has 0 saturated carbocycles. The van der Waals surface area contributed by atoms with Gasteiger partial charge in [0.25, 0.3) is 0 Å². The van der Waals surface area contributed by atoms with Crippen LogP contribution < -0.4 is 11.1 Å². The van der Waals surface area contributed by atoms with Crippen LogP contribution in [0.15, 0.2) is 30.3 Å². The normalized spacial score (nSPS) is 11.0. The van der Waals surface area contributed by atoms with Gasteiger partial charge in [0, 0.05) is 6.54 Å². The molecule has 0 bridgehead atoms. The number of rotatable bonds is 6. The van der Waals surface area contributed by atoms with Gasteiger partial charge in [0.05, 0.1) is 10.4 Å². The summed E-state index contributed by atoms with van der Waals surface area (Å²) in [7, 11) is 0. The van der Waals surface area contributed by atoms with Gasteiger partial charge in [0.1, 0.15) is 0 Å². The minimum atomic E-state index is -0.776. The molecule has 0 aliphatic heterocycles. The number of amides is 1. The van der Waals surface area contributed by atoms with Crippen molar-refractivity contribution in [2.75, 3.05) is 6.54 Å². The molecule has 0 radical (unpaired) electrons. The zero-order valence-corrected chi connectivity index (χ0v) is 11.7. The van der Waals surface area contributed by atoms with Crippen molar-refractivity contribution in [3.05, 3.63) is 35.9 Å². The first-order chi connectivity index (χ1) is 8.44. The highest BCUT2D eigenvalue weighted by Gasteiger charge is 2.30. The van der Waals surface area contributed by atoms with Gasteiger partial charge in [-0.05, 0) is 32.3 Å². The predicted octanol–water partition coefficient (Wildman–Crippen LogP) is 2.05. The van der Waals surface area contributed by atoms with Crippen molar-refractivity contribution in [1.82, 2.24) is 5.32 Å². The summed E-state index contributed by atoms with van der Waals surface area (Å²) >= 11 is 4.88. The molecule has 0 aromatic heterocycles. The number of hydrogen-bond donors (Lipinski definition) is 2. The molecular formula is C14H20N2OS. The first-order valence-electron chi connectivity index (χ1n) is 6.06. The number of nitrogens with one attached hydrogen (secondary N) is 1. The van der Waals surface area contributed by atoms with Crippen LogP contribution in [0.5, 0.6) is 0 Å². The average Bonchev–Trinajstić information content (AvgIpc) is 2.35. The fraction of sp³-hybridized carbons (Fsp3) is 0.429. The topological polar surface area (TPSA) is 55.1 Å². The van der Waals surface area contributed by atoms with E-state index in [0.29, 0.717) is 6.54 Å². The molecule has 0 unspecified atom stereocenters. The molecule has 0 atom stereocenters. The minimum absolute atomic E-state index is 0.108. The molecule has 18 heavy (non-hydrogen) atoms. The van der Waals surface area contributed by atoms with E-state index in [1.54, 1.807) is 13.8 Å². The van der Waals surface area contributed by atoms with Gasteiger partial charge in [-0.3, -0.25) is 4.79 Å². The first kappa shape index (κ1) is 14.6. The molecule has 0 fully saturated rings. The lowest BCUT2D eigenvalue weighted by molar-refractivity contribution is -0.126. The highest BCUT2D eigenvalue weighted by Crippen LogP contribution is 2.15. The zero-order chi connectivity index (χ0) is 13.6. The SMILES string of the molecule is CC(C)(C(=O)NCCCc1ccccc1)C(N)=S. The third-order valence-corrected chi connectivity index (χ3v) is 3.46. The summed E-state index contributed by atoms with van der Waals surface area (Å²) in [6.45, 7) is 4.11. The van der Waals surface area contributed by atoms with Crippen LogP contribution in [-0.4, -0.2) is 17.4 Å². The third-order valence-electron chi connectivity index (χ3n) is 2.95. The lowest BCUT2D eigenvalue weighted by Crippen LogP contribution is -2.45. The summed E-state index contributed by atoms with van der Waals surface area (Å²) in [5.74, 6) is -0.108. The first-order valence-corrected chi connectivity index (χ1v) is 6.47. The van der Waals surface area contributed by atoms with Gasteiger partial charge in [0.15, 0.2) is 0 Å². The van der Waals surface area contributed by atoms with Gasteiger partial charge < -0.3 is 11.1 Å². The minimum Gasteiger partial charge on any atom is -0.392 e. The van der Waals surface area contributed by atoms with E-state index in [9.17, 15) is 4.79 Å². The number of thiocarbonyl (C=S) groups is 1. The third kappa shape index (κ3) is 4.11. The van der Waals surface area contributed by atoms with E-state index in [0.717, 1.165) is 12.8 Å². The van der Waals surface area contributed by atoms with E-state index in [4.69, 9.17) is 18.0 Å². The zero-order valence-electron chi connectivity index (χ0n) is 10.9. The molecule has 3 nitrogen and oxygen atoms in total. The maximum absolute atomic E-state index is 11.8. The largest absolute Gasteiger partial charge is 0.392 e. The summed E-state index contributed by atoms with van der Waals surface area (Å²) in [4.78, 5) is 12.1. The smallest absolute Gasteiger partial charge is 0.232 e. The van der Waals surface area contributed by atoms with Crippen molar-refractivity contribution in [2.45, 2.75) is 26.7 Å². The summed E-state index contributed by atoms with van der Waals surface area (Å²) in [6, 6.07) is 10.2. The number of nitrogens with two attached hydrogens (primary N) is 1. The molecule has 98 valence electrons. The van der Waals surface area contributed by atoms with E-state index in [1.807, 2.05) is 18.2 Å². The molecule has 4 heteroatoms. The molecule has 1 rings (SSSR count). The Morgan fingerprint density at radius 2 is 1.94 bits per heavy atom. The van der Waals surface area contributed by atoms with Crippen molar-refractivity contribution in [2.24, 2.45) is 11.1 Å². The van der Waals surface area contributed by atoms with E-state index in [2.05, 4.69) is 17.4 Å². The van der Waals surface area contributed by atoms with Crippen LogP contribution in [0.25, 0.3) is 0 Å². The van der Waals surface area contributed by atoms with Gasteiger partial charge in [-0.2, -0.15) is 0 Å². The maximum Gasteiger partial charge on any atom is 0.232 e. The van der Waals surface area contributed by atoms with Crippen molar-refractivity contribution >= 4 is 23.1 Å². The van der Waals surface area contributed by atoms with Gasteiger partial charge in [0.2, 0.25) is 5.91 Å². The molecular weight excluding hydrogens is 244 g/mol. The second kappa shape index (κ2) is 6.50. The number of benzene rings is 1. The van der Waals surface area contributed by atoms with Crippen LogP contribution in [0, 0.1) is 5.41 Å². The van der Waals surface area contributed by atoms with E-state index in [-0.39, 0.29) is 10.9 Å². The summed E-state index contributed by atoms with van der Waals surface area (Å²) in [5.41, 5.74) is 6.04. The van der Waals surface area contributed by atoms with Crippen LogP contribution >= 0.6 is 12.2 Å². The van der Waals surface area contributed by atoms with Gasteiger partial charge >= 0.3 is 0 Å². The summed E-state index contributed by atoms with van der Waals surface area (Å²) in [6.07, 6.45) is 1.86. The molecule has 0 spiro atoms. The molecule has 0 aliphatic carbocycles. The molecule has 0 heterocycles. The second-order valence-corrected chi connectivity index (χ2v) is 5.27. The Morgan fingerprint density at radius 3 is 2.50 bits per heavy atom. The van der Waals surface area contributed by atoms with Crippen molar-refractivity contribution < 1.29 is 4.79 Å². The molecule has 1 amide bonds. The predicted molar refractivity (Wildman–Crippen MR) is 78.3 cm³/mol. The number of carbonyl (C=O) groups is 1. The second-order valence-electron chi connectivity index (χ2n) is 4.83. The lowest BCUT2D eigenvalue weighted by atomic mass is 9.92. The fourth-order valence-corrected chi connectivity index (χ4v) is 1.56. The molecule has 3 N–H and O–H groups in total. The van der Waals surface area contributed by atoms with Crippen LogP contribution in [0.4, 0.5) is 0 Å². The van der Waals surface area contributed by atoms with E-state index < -0.39 is 5.41 Å². The van der Waals surface area contributed by atoms with E-state index >= 15 is 0 Å². The van der Waals surface area contributed by atoms with Gasteiger partial charge in [-0.15, -0.1) is 0 Å². The molecule has 0 aliphatic rings. The highest BCUT2D eigenvalue weighted by atomic mass is 32.1. The standard InChI is InChI=1S/C14H20N2OS/c1-14(2,12(15)18)13(17)16-10-6-9-11-7-4-3-5-8-11/h3-5,7-8H,6,9-10H2,1-2H3,(H2,15,18)(H,16,17). The van der Waals surface area contributed by atoms with Crippen LogP contribution in [0.3, 0.4) is 0 Å². The molecule has 0 saturated heterocycles. The number of carbonyl (C=O) groups excluding carboxylic acids is 1. The molecule has 1 aromatic carbocycles. The Balaban J connectivity index is 2.31. The van der Waals surface area contributed by atoms with Crippen molar-refractivity contribution in [1.29, 1.82) is 0 Å². The van der Waals surface area contributed by atoms with Crippen molar-refractivity contribution in [3.63, 3.8) is 0 Å². The monoisotopic (exact) mass is 264 g/mol. The lowest BCUT2D eigenvalue weighted by Gasteiger charge is -2.21. The van der Waals surface area contributed by atoms with Crippen LogP contribution in [0.2, 0.25) is 0 Å². The maximum atomic E-state index is 11.8. The van der Waals surface area contributed by atoms with Crippen molar-refractivity contribution in [3.8, 4) is 0 Å². The highest BCUT2D eigenvalue weighted by molar-refractivity contribution is 7.80. The molecule has 1 aromatic rings. The Hall–Kier alpha value is -1.42. The Morgan fingerprint density at radius 1 is 1.33 bits per heavy atom. The Kier molecular flexibility index (Phi) is 5.28. The number of hydrogen-bond acceptors (Lipinski definition) is 2. The van der Waals surface area contributed by atoms with Gasteiger partial charge in [-0.25, -0.2) is 0 Å². The van der Waals surface area contributed by atoms with E-state index in [1.165, 1.54) is 5.56 Å². The Labute approximate surface area is 114 Å². The van der Waals surface area contributed by atoms with Crippen LogP contribution in [-0.2, 0) is 11.2 Å².